The number of carbonyl (C=O) groups excluding carboxylic acids is 1. The lowest BCUT2D eigenvalue weighted by Crippen LogP contribution is -2.39. The Morgan fingerprint density at radius 1 is 1.30 bits per heavy atom. The van der Waals surface area contributed by atoms with E-state index in [9.17, 15) is 4.79 Å². The van der Waals surface area contributed by atoms with Gasteiger partial charge in [-0.3, -0.25) is 4.79 Å². The van der Waals surface area contributed by atoms with Crippen LogP contribution in [0.4, 0.5) is 0 Å². The van der Waals surface area contributed by atoms with Gasteiger partial charge in [0.25, 0.3) is 0 Å². The molecule has 3 rings (SSSR count). The fourth-order valence-electron chi connectivity index (χ4n) is 3.42. The standard InChI is InChI=1S/C18H26N2O3/c1-19(2)8-9-23-17-11-20(16-13-22-12-15(16)17)18(21)10-14-6-4-3-5-7-14/h3-7,15-17H,8-13H2,1-2H3/t15-,16+,17-/m0/s1. The number of carbonyl (C=O) groups is 1. The van der Waals surface area contributed by atoms with Crippen LogP contribution in [-0.2, 0) is 20.7 Å². The Hall–Kier alpha value is -1.43. The minimum Gasteiger partial charge on any atom is -0.379 e. The quantitative estimate of drug-likeness (QED) is 0.786. The number of benzene rings is 1. The molecule has 0 unspecified atom stereocenters. The second-order valence-electron chi connectivity index (χ2n) is 6.69. The third kappa shape index (κ3) is 3.91. The van der Waals surface area contributed by atoms with Crippen LogP contribution < -0.4 is 0 Å². The maximum absolute atomic E-state index is 12.7. The Labute approximate surface area is 138 Å². The Morgan fingerprint density at radius 2 is 2.09 bits per heavy atom. The van der Waals surface area contributed by atoms with Crippen molar-refractivity contribution in [1.29, 1.82) is 0 Å². The number of nitrogens with zero attached hydrogens (tertiary/aromatic N) is 2. The molecule has 3 atom stereocenters. The molecule has 1 amide bonds. The summed E-state index contributed by atoms with van der Waals surface area (Å²) in [6.45, 7) is 3.62. The van der Waals surface area contributed by atoms with E-state index in [4.69, 9.17) is 9.47 Å². The summed E-state index contributed by atoms with van der Waals surface area (Å²) in [4.78, 5) is 16.8. The summed E-state index contributed by atoms with van der Waals surface area (Å²) in [6, 6.07) is 10.1. The number of ether oxygens (including phenoxy) is 2. The van der Waals surface area contributed by atoms with Crippen molar-refractivity contribution in [2.24, 2.45) is 5.92 Å². The molecule has 1 aromatic carbocycles. The molecule has 23 heavy (non-hydrogen) atoms. The third-order valence-electron chi connectivity index (χ3n) is 4.74. The molecule has 126 valence electrons. The van der Waals surface area contributed by atoms with Crippen LogP contribution in [-0.4, -0.2) is 74.9 Å². The molecule has 2 saturated heterocycles. The van der Waals surface area contributed by atoms with Crippen LogP contribution in [0.25, 0.3) is 0 Å². The Balaban J connectivity index is 1.60. The van der Waals surface area contributed by atoms with Crippen LogP contribution in [0.3, 0.4) is 0 Å². The smallest absolute Gasteiger partial charge is 0.227 e. The van der Waals surface area contributed by atoms with Gasteiger partial charge < -0.3 is 19.3 Å². The molecule has 2 fully saturated rings. The lowest BCUT2D eigenvalue weighted by Gasteiger charge is -2.22. The third-order valence-corrected chi connectivity index (χ3v) is 4.74. The van der Waals surface area contributed by atoms with Crippen LogP contribution in [0.2, 0.25) is 0 Å². The number of likely N-dealkylation sites (N-methyl/N-ethyl adjacent to an activating group) is 1. The first-order valence-corrected chi connectivity index (χ1v) is 8.32. The number of hydrogen-bond acceptors (Lipinski definition) is 4. The van der Waals surface area contributed by atoms with E-state index in [1.54, 1.807) is 0 Å². The zero-order valence-electron chi connectivity index (χ0n) is 14.0. The van der Waals surface area contributed by atoms with Gasteiger partial charge in [0.05, 0.1) is 38.4 Å². The number of rotatable bonds is 6. The molecule has 5 heteroatoms. The van der Waals surface area contributed by atoms with E-state index in [2.05, 4.69) is 4.90 Å². The van der Waals surface area contributed by atoms with Gasteiger partial charge >= 0.3 is 0 Å². The van der Waals surface area contributed by atoms with E-state index >= 15 is 0 Å². The number of likely N-dealkylation sites (tertiary alicyclic amines) is 1. The minimum atomic E-state index is 0.0992. The summed E-state index contributed by atoms with van der Waals surface area (Å²) in [5, 5.41) is 0. The molecule has 2 aliphatic rings. The molecular formula is C18H26N2O3. The first-order valence-electron chi connectivity index (χ1n) is 8.32. The van der Waals surface area contributed by atoms with E-state index in [-0.39, 0.29) is 18.1 Å². The van der Waals surface area contributed by atoms with Crippen molar-refractivity contribution in [3.63, 3.8) is 0 Å². The maximum atomic E-state index is 12.7. The lowest BCUT2D eigenvalue weighted by atomic mass is 10.0. The van der Waals surface area contributed by atoms with Crippen molar-refractivity contribution in [3.05, 3.63) is 35.9 Å². The average Bonchev–Trinajstić information content (AvgIpc) is 3.11. The monoisotopic (exact) mass is 318 g/mol. The molecule has 0 saturated carbocycles. The molecule has 5 nitrogen and oxygen atoms in total. The van der Waals surface area contributed by atoms with Crippen molar-refractivity contribution in [2.45, 2.75) is 18.6 Å². The van der Waals surface area contributed by atoms with Gasteiger partial charge in [-0.25, -0.2) is 0 Å². The highest BCUT2D eigenvalue weighted by Crippen LogP contribution is 2.32. The summed E-state index contributed by atoms with van der Waals surface area (Å²) in [6.07, 6.45) is 0.552. The SMILES string of the molecule is CN(C)CCO[C@H]1CN(C(=O)Cc2ccccc2)[C@@H]2COC[C@H]12. The highest BCUT2D eigenvalue weighted by Gasteiger charge is 2.47. The molecule has 0 bridgehead atoms. The zero-order chi connectivity index (χ0) is 16.2. The van der Waals surface area contributed by atoms with Crippen molar-refractivity contribution >= 4 is 5.91 Å². The highest BCUT2D eigenvalue weighted by molar-refractivity contribution is 5.79. The molecule has 2 aliphatic heterocycles. The van der Waals surface area contributed by atoms with Crippen molar-refractivity contribution in [2.75, 3.05) is 47.0 Å². The molecule has 0 aromatic heterocycles. The summed E-state index contributed by atoms with van der Waals surface area (Å²) in [7, 11) is 4.07. The summed E-state index contributed by atoms with van der Waals surface area (Å²) >= 11 is 0. The van der Waals surface area contributed by atoms with Crippen molar-refractivity contribution in [3.8, 4) is 0 Å². The number of fused-ring (bicyclic) bond motifs is 1. The van der Waals surface area contributed by atoms with Gasteiger partial charge in [0, 0.05) is 19.0 Å². The molecule has 0 radical (unpaired) electrons. The Bertz CT molecular complexity index is 520. The predicted molar refractivity (Wildman–Crippen MR) is 88.3 cm³/mol. The summed E-state index contributed by atoms with van der Waals surface area (Å²) in [5.74, 6) is 0.493. The first-order chi connectivity index (χ1) is 11.1. The maximum Gasteiger partial charge on any atom is 0.227 e. The van der Waals surface area contributed by atoms with E-state index in [0.29, 0.717) is 38.7 Å². The van der Waals surface area contributed by atoms with Crippen LogP contribution >= 0.6 is 0 Å². The van der Waals surface area contributed by atoms with Gasteiger partial charge in [-0.1, -0.05) is 30.3 Å². The fourth-order valence-corrected chi connectivity index (χ4v) is 3.42. The van der Waals surface area contributed by atoms with E-state index in [0.717, 1.165) is 12.1 Å². The molecular weight excluding hydrogens is 292 g/mol. The molecule has 2 heterocycles. The van der Waals surface area contributed by atoms with Gasteiger partial charge in [0.15, 0.2) is 0 Å². The summed E-state index contributed by atoms with van der Waals surface area (Å²) in [5.41, 5.74) is 1.06. The second kappa shape index (κ2) is 7.43. The van der Waals surface area contributed by atoms with E-state index in [1.165, 1.54) is 0 Å². The zero-order valence-corrected chi connectivity index (χ0v) is 14.0. The molecule has 0 N–H and O–H groups in total. The normalized spacial score (nSPS) is 26.7. The predicted octanol–water partition coefficient (Wildman–Crippen LogP) is 1.03. The van der Waals surface area contributed by atoms with Crippen LogP contribution in [0.15, 0.2) is 30.3 Å². The van der Waals surface area contributed by atoms with Gasteiger partial charge in [-0.15, -0.1) is 0 Å². The Morgan fingerprint density at radius 3 is 2.83 bits per heavy atom. The van der Waals surface area contributed by atoms with E-state index in [1.807, 2.05) is 49.3 Å². The molecule has 0 aliphatic carbocycles. The topological polar surface area (TPSA) is 42.0 Å². The Kier molecular flexibility index (Phi) is 5.30. The van der Waals surface area contributed by atoms with E-state index < -0.39 is 0 Å². The highest BCUT2D eigenvalue weighted by atomic mass is 16.5. The number of hydrogen-bond donors (Lipinski definition) is 0. The van der Waals surface area contributed by atoms with Gasteiger partial charge in [0.2, 0.25) is 5.91 Å². The number of amides is 1. The average molecular weight is 318 g/mol. The van der Waals surface area contributed by atoms with Crippen LogP contribution in [0, 0.1) is 5.92 Å². The van der Waals surface area contributed by atoms with Crippen LogP contribution in [0.5, 0.6) is 0 Å². The van der Waals surface area contributed by atoms with Crippen LogP contribution in [0.1, 0.15) is 5.56 Å². The van der Waals surface area contributed by atoms with Gasteiger partial charge in [-0.05, 0) is 19.7 Å². The van der Waals surface area contributed by atoms with Gasteiger partial charge in [-0.2, -0.15) is 0 Å². The largest absolute Gasteiger partial charge is 0.379 e. The summed E-state index contributed by atoms with van der Waals surface area (Å²) < 4.78 is 11.7. The fraction of sp³-hybridized carbons (Fsp3) is 0.611. The van der Waals surface area contributed by atoms with Gasteiger partial charge in [0.1, 0.15) is 0 Å². The second-order valence-corrected chi connectivity index (χ2v) is 6.69. The van der Waals surface area contributed by atoms with Crippen molar-refractivity contribution < 1.29 is 14.3 Å². The first kappa shape index (κ1) is 16.4. The van der Waals surface area contributed by atoms with Crippen molar-refractivity contribution in [1.82, 2.24) is 9.80 Å². The molecule has 0 spiro atoms. The molecule has 1 aromatic rings. The lowest BCUT2D eigenvalue weighted by molar-refractivity contribution is -0.132. The minimum absolute atomic E-state index is 0.0992.